The van der Waals surface area contributed by atoms with Crippen molar-refractivity contribution in [3.8, 4) is 11.5 Å². The SMILES string of the molecule is CCCNC(=O)N(CCC)[C@H]1CC(=NOCc2ccc([N+](=O)[O-])cc2)C2=C[C@H](CCCCO)[C@@H](CCCCO)[C@@H]3c4cc(O)ccc4O[C@@]1(O)[C@H]23. The summed E-state index contributed by atoms with van der Waals surface area (Å²) < 4.78 is 6.63. The molecule has 51 heavy (non-hydrogen) atoms. The van der Waals surface area contributed by atoms with Gasteiger partial charge in [-0.3, -0.25) is 10.1 Å². The quantitative estimate of drug-likeness (QED) is 0.0774. The number of aliphatic hydroxyl groups is 3. The van der Waals surface area contributed by atoms with Crippen LogP contribution in [0.3, 0.4) is 0 Å². The van der Waals surface area contributed by atoms with Crippen LogP contribution in [-0.4, -0.2) is 80.1 Å². The number of unbranched alkanes of at least 4 members (excludes halogenated alkanes) is 2. The number of amides is 2. The predicted octanol–water partition coefficient (Wildman–Crippen LogP) is 5.76. The number of nitrogens with zero attached hydrogens (tertiary/aromatic N) is 3. The van der Waals surface area contributed by atoms with E-state index in [1.807, 2.05) is 13.8 Å². The van der Waals surface area contributed by atoms with Gasteiger partial charge in [-0.15, -0.1) is 0 Å². The summed E-state index contributed by atoms with van der Waals surface area (Å²) in [6.45, 7) is 4.94. The Morgan fingerprint density at radius 1 is 1.08 bits per heavy atom. The van der Waals surface area contributed by atoms with Crippen molar-refractivity contribution >= 4 is 17.4 Å². The van der Waals surface area contributed by atoms with Gasteiger partial charge in [0.15, 0.2) is 0 Å². The smallest absolute Gasteiger partial charge is 0.317 e. The number of aliphatic hydroxyl groups excluding tert-OH is 2. The van der Waals surface area contributed by atoms with E-state index >= 15 is 0 Å². The number of rotatable bonds is 17. The van der Waals surface area contributed by atoms with Crippen molar-refractivity contribution in [2.75, 3.05) is 26.3 Å². The summed E-state index contributed by atoms with van der Waals surface area (Å²) in [6, 6.07) is 9.80. The zero-order valence-corrected chi connectivity index (χ0v) is 29.6. The van der Waals surface area contributed by atoms with Gasteiger partial charge in [0.1, 0.15) is 24.1 Å². The molecule has 0 aromatic heterocycles. The van der Waals surface area contributed by atoms with E-state index in [1.54, 1.807) is 29.2 Å². The fourth-order valence-electron chi connectivity index (χ4n) is 8.15. The molecule has 2 aromatic rings. The Kier molecular flexibility index (Phi) is 12.9. The fraction of sp³-hybridized carbons (Fsp3) is 0.579. The Bertz CT molecular complexity index is 1560. The highest BCUT2D eigenvalue weighted by Gasteiger charge is 2.64. The average Bonchev–Trinajstić information content (AvgIpc) is 3.12. The Morgan fingerprint density at radius 3 is 2.47 bits per heavy atom. The van der Waals surface area contributed by atoms with E-state index in [0.29, 0.717) is 49.4 Å². The number of benzene rings is 2. The monoisotopic (exact) mass is 708 g/mol. The highest BCUT2D eigenvalue weighted by atomic mass is 16.6. The molecule has 5 N–H and O–H groups in total. The lowest BCUT2D eigenvalue weighted by Gasteiger charge is -2.58. The van der Waals surface area contributed by atoms with Crippen molar-refractivity contribution in [2.24, 2.45) is 22.9 Å². The zero-order valence-electron chi connectivity index (χ0n) is 29.6. The number of oxime groups is 1. The van der Waals surface area contributed by atoms with Crippen LogP contribution in [0, 0.1) is 27.9 Å². The van der Waals surface area contributed by atoms with Crippen molar-refractivity contribution in [2.45, 2.75) is 96.0 Å². The van der Waals surface area contributed by atoms with Gasteiger partial charge in [-0.05, 0) is 91.8 Å². The predicted molar refractivity (Wildman–Crippen MR) is 191 cm³/mol. The molecule has 1 heterocycles. The molecule has 0 unspecified atom stereocenters. The highest BCUT2D eigenvalue weighted by molar-refractivity contribution is 6.03. The minimum absolute atomic E-state index is 0.0139. The van der Waals surface area contributed by atoms with Crippen LogP contribution in [0.1, 0.15) is 88.7 Å². The second kappa shape index (κ2) is 17.3. The Labute approximate surface area is 299 Å². The molecule has 13 nitrogen and oxygen atoms in total. The molecule has 0 spiro atoms. The normalized spacial score (nSPS) is 25.6. The van der Waals surface area contributed by atoms with Crippen molar-refractivity contribution in [3.05, 3.63) is 75.4 Å². The maximum absolute atomic E-state index is 13.8. The van der Waals surface area contributed by atoms with Gasteiger partial charge in [0.2, 0.25) is 5.79 Å². The molecule has 278 valence electrons. The third kappa shape index (κ3) is 8.31. The molecule has 3 aliphatic rings. The number of allylic oxidation sites excluding steroid dienone is 1. The number of carbonyl (C=O) groups is 1. The van der Waals surface area contributed by atoms with Crippen molar-refractivity contribution < 1.29 is 39.7 Å². The van der Waals surface area contributed by atoms with Gasteiger partial charge in [-0.25, -0.2) is 4.79 Å². The number of non-ortho nitro benzene ring substituents is 1. The van der Waals surface area contributed by atoms with Crippen LogP contribution in [0.2, 0.25) is 0 Å². The summed E-state index contributed by atoms with van der Waals surface area (Å²) in [7, 11) is 0. The number of fused-ring (bicyclic) bond motifs is 2. The van der Waals surface area contributed by atoms with E-state index in [1.165, 1.54) is 18.2 Å². The topological polar surface area (TPSA) is 187 Å². The average molecular weight is 709 g/mol. The Morgan fingerprint density at radius 2 is 1.80 bits per heavy atom. The fourth-order valence-corrected chi connectivity index (χ4v) is 8.15. The van der Waals surface area contributed by atoms with E-state index < -0.39 is 22.7 Å². The van der Waals surface area contributed by atoms with Gasteiger partial charge in [0.05, 0.1) is 16.6 Å². The van der Waals surface area contributed by atoms with E-state index in [9.17, 15) is 35.3 Å². The lowest BCUT2D eigenvalue weighted by Crippen LogP contribution is -2.69. The summed E-state index contributed by atoms with van der Waals surface area (Å²) in [5.74, 6) is -2.36. The summed E-state index contributed by atoms with van der Waals surface area (Å²) >= 11 is 0. The first-order valence-electron chi connectivity index (χ1n) is 18.3. The lowest BCUT2D eigenvalue weighted by molar-refractivity contribution is -0.384. The van der Waals surface area contributed by atoms with Crippen LogP contribution in [0.4, 0.5) is 10.5 Å². The van der Waals surface area contributed by atoms with Crippen molar-refractivity contribution in [1.29, 1.82) is 0 Å². The largest absolute Gasteiger partial charge is 0.508 e. The Balaban J connectivity index is 1.65. The number of urea groups is 1. The number of hydrogen-bond acceptors (Lipinski definition) is 10. The highest BCUT2D eigenvalue weighted by Crippen LogP contribution is 2.60. The van der Waals surface area contributed by atoms with Gasteiger partial charge >= 0.3 is 6.03 Å². The van der Waals surface area contributed by atoms with Crippen LogP contribution >= 0.6 is 0 Å². The van der Waals surface area contributed by atoms with Crippen molar-refractivity contribution in [1.82, 2.24) is 10.2 Å². The molecule has 2 amide bonds. The molecule has 2 aliphatic carbocycles. The number of aromatic hydroxyl groups is 1. The third-order valence-corrected chi connectivity index (χ3v) is 10.4. The number of carbonyl (C=O) groups excluding carboxylic acids is 1. The van der Waals surface area contributed by atoms with Crippen molar-refractivity contribution in [3.63, 3.8) is 0 Å². The van der Waals surface area contributed by atoms with Gasteiger partial charge < -0.3 is 40.2 Å². The first-order chi connectivity index (χ1) is 24.7. The molecule has 2 aromatic carbocycles. The summed E-state index contributed by atoms with van der Waals surface area (Å²) in [5, 5.41) is 61.9. The molecule has 6 atom stereocenters. The molecule has 1 fully saturated rings. The molecular formula is C38H52N4O9. The van der Waals surface area contributed by atoms with E-state index in [2.05, 4.69) is 16.5 Å². The summed E-state index contributed by atoms with van der Waals surface area (Å²) in [5.41, 5.74) is 2.75. The van der Waals surface area contributed by atoms with Crippen LogP contribution in [0.15, 0.2) is 59.3 Å². The summed E-state index contributed by atoms with van der Waals surface area (Å²) in [4.78, 5) is 32.1. The van der Waals surface area contributed by atoms with Gasteiger partial charge in [0.25, 0.3) is 5.69 Å². The van der Waals surface area contributed by atoms with Gasteiger partial charge in [0, 0.05) is 56.3 Å². The molecule has 5 rings (SSSR count). The molecule has 0 radical (unpaired) electrons. The number of nitro groups is 1. The molecule has 1 aliphatic heterocycles. The number of nitro benzene ring substituents is 1. The van der Waals surface area contributed by atoms with Crippen LogP contribution < -0.4 is 10.1 Å². The lowest BCUT2D eigenvalue weighted by atomic mass is 9.55. The number of phenols is 1. The van der Waals surface area contributed by atoms with Gasteiger partial charge in [-0.2, -0.15) is 0 Å². The summed E-state index contributed by atoms with van der Waals surface area (Å²) in [6.07, 6.45) is 7.97. The zero-order chi connectivity index (χ0) is 36.5. The molecule has 1 saturated carbocycles. The first-order valence-corrected chi connectivity index (χ1v) is 18.3. The minimum atomic E-state index is -1.86. The van der Waals surface area contributed by atoms with Gasteiger partial charge in [-0.1, -0.05) is 37.9 Å². The van der Waals surface area contributed by atoms with E-state index in [-0.39, 0.29) is 61.5 Å². The number of phenolic OH excluding ortho intramolecular Hbond substituents is 1. The van der Waals surface area contributed by atoms with Crippen LogP contribution in [0.25, 0.3) is 0 Å². The Hall–Kier alpha value is -4.20. The van der Waals surface area contributed by atoms with E-state index in [4.69, 9.17) is 9.57 Å². The standard InChI is InChI=1S/C38H52N4O9/c1-3-17-39-37(46)41(18-4-2)34-23-32(40-50-24-25-11-13-27(14-12-25)42(48)49)30-21-26(9-5-7-19-43)29(10-6-8-20-44)35-31-22-28(45)15-16-33(31)51-38(34,47)36(30)35/h11-16,21-22,26,29,34-36,43-45,47H,3-10,17-20,23-24H2,1-2H3,(H,39,46)/t26-,29+,34-,35+,36+,38+/m0/s1. The van der Waals surface area contributed by atoms with Crippen LogP contribution in [0.5, 0.6) is 11.5 Å². The second-order valence-electron chi connectivity index (χ2n) is 13.8. The number of ether oxygens (including phenoxy) is 1. The number of nitrogens with one attached hydrogen (secondary N) is 1. The van der Waals surface area contributed by atoms with E-state index in [0.717, 1.165) is 43.2 Å². The third-order valence-electron chi connectivity index (χ3n) is 10.4. The first kappa shape index (κ1) is 38.0. The minimum Gasteiger partial charge on any atom is -0.508 e. The van der Waals surface area contributed by atoms with Crippen LogP contribution in [-0.2, 0) is 11.4 Å². The molecule has 0 bridgehead atoms. The second-order valence-corrected chi connectivity index (χ2v) is 13.8. The maximum Gasteiger partial charge on any atom is 0.317 e. The molecule has 0 saturated heterocycles. The number of hydrogen-bond donors (Lipinski definition) is 5. The maximum atomic E-state index is 13.8. The molecular weight excluding hydrogens is 656 g/mol. The molecule has 13 heteroatoms.